The van der Waals surface area contributed by atoms with Crippen molar-refractivity contribution in [2.24, 2.45) is 0 Å². The first-order valence-electron chi connectivity index (χ1n) is 12.4. The van der Waals surface area contributed by atoms with Crippen LogP contribution < -0.4 is 15.4 Å². The van der Waals surface area contributed by atoms with Gasteiger partial charge in [-0.1, -0.05) is 36.4 Å². The molecule has 0 aliphatic heterocycles. The Balaban J connectivity index is 1.49. The van der Waals surface area contributed by atoms with Gasteiger partial charge in [0.2, 0.25) is 0 Å². The zero-order valence-corrected chi connectivity index (χ0v) is 21.4. The molecule has 0 saturated carbocycles. The fourth-order valence-corrected chi connectivity index (χ4v) is 4.00. The Bertz CT molecular complexity index is 1570. The third kappa shape index (κ3) is 7.38. The van der Waals surface area contributed by atoms with Gasteiger partial charge in [-0.3, -0.25) is 14.9 Å². The summed E-state index contributed by atoms with van der Waals surface area (Å²) in [7, 11) is 0. The van der Waals surface area contributed by atoms with Gasteiger partial charge in [-0.15, -0.1) is 0 Å². The van der Waals surface area contributed by atoms with E-state index in [0.29, 0.717) is 5.56 Å². The Kier molecular flexibility index (Phi) is 9.15. The maximum absolute atomic E-state index is 13.5. The number of nitrogens with one attached hydrogen (secondary N) is 2. The van der Waals surface area contributed by atoms with Gasteiger partial charge < -0.3 is 20.5 Å². The Morgan fingerprint density at radius 2 is 1.76 bits per heavy atom. The number of amides is 1. The number of nitro benzene ring substituents is 1. The molecule has 0 bridgehead atoms. The van der Waals surface area contributed by atoms with Crippen LogP contribution in [0.4, 0.5) is 20.3 Å². The summed E-state index contributed by atoms with van der Waals surface area (Å²) in [5.41, 5.74) is 0.442. The lowest BCUT2D eigenvalue weighted by molar-refractivity contribution is -0.385. The number of aromatic nitrogens is 1. The number of aromatic carboxylic acids is 1. The van der Waals surface area contributed by atoms with Gasteiger partial charge in [0, 0.05) is 24.9 Å². The molecule has 3 aromatic carbocycles. The maximum atomic E-state index is 13.5. The van der Waals surface area contributed by atoms with E-state index >= 15 is 0 Å². The summed E-state index contributed by atoms with van der Waals surface area (Å²) in [5.74, 6) is -3.48. The molecule has 1 amide bonds. The molecule has 1 atom stereocenters. The Hall–Kier alpha value is -5.39. The smallest absolute Gasteiger partial charge is 0.342 e. The number of carboxylic acids is 1. The second-order valence-electron chi connectivity index (χ2n) is 8.81. The molecule has 0 unspecified atom stereocenters. The van der Waals surface area contributed by atoms with Crippen LogP contribution in [0.5, 0.6) is 5.75 Å². The first-order chi connectivity index (χ1) is 19.7. The zero-order valence-electron chi connectivity index (χ0n) is 21.4. The van der Waals surface area contributed by atoms with Crippen LogP contribution in [0.1, 0.15) is 37.9 Å². The number of hydrogen-bond acceptors (Lipinski definition) is 7. The van der Waals surface area contributed by atoms with Crippen LogP contribution in [0.2, 0.25) is 0 Å². The quantitative estimate of drug-likeness (QED) is 0.158. The van der Waals surface area contributed by atoms with Crippen LogP contribution in [0, 0.1) is 21.7 Å². The lowest BCUT2D eigenvalue weighted by atomic mass is 10.1. The number of nitrogens with zero attached hydrogens (tertiary/aromatic N) is 2. The minimum atomic E-state index is -1.46. The van der Waals surface area contributed by atoms with Crippen molar-refractivity contribution in [1.29, 1.82) is 0 Å². The molecule has 12 heteroatoms. The van der Waals surface area contributed by atoms with Crippen molar-refractivity contribution in [2.45, 2.75) is 12.5 Å². The SMILES string of the molecule is O=C(O)c1cc(OC[C@H](Nc2ncccc2C(=O)NCCc2ccc(F)c(F)c2)c2ccccc2)ccc1[N+](=O)[O-]. The van der Waals surface area contributed by atoms with Gasteiger partial charge in [0.1, 0.15) is 23.7 Å². The number of anilines is 1. The van der Waals surface area contributed by atoms with Crippen molar-refractivity contribution in [3.63, 3.8) is 0 Å². The van der Waals surface area contributed by atoms with Crippen molar-refractivity contribution in [2.75, 3.05) is 18.5 Å². The number of pyridine rings is 1. The second kappa shape index (κ2) is 13.1. The standard InChI is InChI=1S/C29H24F2N4O6/c30-23-10-8-18(15-24(23)31)12-14-33-28(36)21-7-4-13-32-27(21)34-25(19-5-2-1-3-6-19)17-41-20-9-11-26(35(39)40)22(16-20)29(37)38/h1-11,13,15-16,25H,12,14,17H2,(H,32,34)(H,33,36)(H,37,38)/t25-/m0/s1. The molecule has 4 aromatic rings. The van der Waals surface area contributed by atoms with Crippen molar-refractivity contribution < 1.29 is 33.1 Å². The summed E-state index contributed by atoms with van der Waals surface area (Å²) < 4.78 is 32.5. The van der Waals surface area contributed by atoms with Gasteiger partial charge in [-0.25, -0.2) is 18.6 Å². The van der Waals surface area contributed by atoms with Gasteiger partial charge >= 0.3 is 5.97 Å². The van der Waals surface area contributed by atoms with Gasteiger partial charge in [-0.05, 0) is 47.9 Å². The van der Waals surface area contributed by atoms with Crippen LogP contribution in [-0.2, 0) is 6.42 Å². The molecular weight excluding hydrogens is 538 g/mol. The Morgan fingerprint density at radius 1 is 0.976 bits per heavy atom. The Morgan fingerprint density at radius 3 is 2.46 bits per heavy atom. The molecule has 3 N–H and O–H groups in total. The van der Waals surface area contributed by atoms with E-state index in [4.69, 9.17) is 4.74 Å². The number of ether oxygens (including phenoxy) is 1. The summed E-state index contributed by atoms with van der Waals surface area (Å²) in [6.07, 6.45) is 1.78. The fraction of sp³-hybridized carbons (Fsp3) is 0.138. The normalized spacial score (nSPS) is 11.4. The molecule has 0 spiro atoms. The average Bonchev–Trinajstić information content (AvgIpc) is 2.97. The fourth-order valence-electron chi connectivity index (χ4n) is 4.00. The number of carbonyl (C=O) groups excluding carboxylic acids is 1. The lowest BCUT2D eigenvalue weighted by Gasteiger charge is -2.22. The molecule has 4 rings (SSSR count). The minimum Gasteiger partial charge on any atom is -0.491 e. The third-order valence-electron chi connectivity index (χ3n) is 6.06. The third-order valence-corrected chi connectivity index (χ3v) is 6.06. The van der Waals surface area contributed by atoms with Crippen molar-refractivity contribution in [3.05, 3.63) is 129 Å². The van der Waals surface area contributed by atoms with E-state index in [2.05, 4.69) is 15.6 Å². The van der Waals surface area contributed by atoms with Crippen molar-refractivity contribution in [1.82, 2.24) is 10.3 Å². The lowest BCUT2D eigenvalue weighted by Crippen LogP contribution is -2.28. The summed E-state index contributed by atoms with van der Waals surface area (Å²) >= 11 is 0. The molecule has 1 aromatic heterocycles. The summed E-state index contributed by atoms with van der Waals surface area (Å²) in [4.78, 5) is 39.2. The van der Waals surface area contributed by atoms with Gasteiger partial charge in [-0.2, -0.15) is 0 Å². The van der Waals surface area contributed by atoms with Crippen LogP contribution in [0.15, 0.2) is 85.1 Å². The zero-order chi connectivity index (χ0) is 29.4. The van der Waals surface area contributed by atoms with Crippen LogP contribution >= 0.6 is 0 Å². The molecule has 0 aliphatic carbocycles. The maximum Gasteiger partial charge on any atom is 0.342 e. The minimum absolute atomic E-state index is 0.0470. The molecule has 0 aliphatic rings. The van der Waals surface area contributed by atoms with Crippen LogP contribution in [0.25, 0.3) is 0 Å². The van der Waals surface area contributed by atoms with Gasteiger partial charge in [0.25, 0.3) is 11.6 Å². The molecule has 10 nitrogen and oxygen atoms in total. The highest BCUT2D eigenvalue weighted by Gasteiger charge is 2.22. The Labute approximate surface area is 232 Å². The number of benzene rings is 3. The number of carboxylic acid groups (broad SMARTS) is 1. The number of carbonyl (C=O) groups is 2. The number of hydrogen-bond donors (Lipinski definition) is 3. The van der Waals surface area contributed by atoms with E-state index in [0.717, 1.165) is 29.8 Å². The highest BCUT2D eigenvalue weighted by molar-refractivity contribution is 5.98. The molecule has 41 heavy (non-hydrogen) atoms. The van der Waals surface area contributed by atoms with Gasteiger partial charge in [0.15, 0.2) is 11.6 Å². The predicted molar refractivity (Wildman–Crippen MR) is 145 cm³/mol. The largest absolute Gasteiger partial charge is 0.491 e. The van der Waals surface area contributed by atoms with Crippen LogP contribution in [0.3, 0.4) is 0 Å². The summed E-state index contributed by atoms with van der Waals surface area (Å²) in [5, 5.41) is 26.5. The van der Waals surface area contributed by atoms with E-state index in [1.807, 2.05) is 30.3 Å². The number of rotatable bonds is 12. The highest BCUT2D eigenvalue weighted by Crippen LogP contribution is 2.27. The molecule has 0 saturated heterocycles. The molecule has 0 fully saturated rings. The molecule has 0 radical (unpaired) electrons. The molecule has 1 heterocycles. The van der Waals surface area contributed by atoms with Gasteiger partial charge in [0.05, 0.1) is 16.5 Å². The van der Waals surface area contributed by atoms with E-state index in [1.165, 1.54) is 18.3 Å². The topological polar surface area (TPSA) is 144 Å². The van der Waals surface area contributed by atoms with E-state index in [-0.39, 0.29) is 36.7 Å². The average molecular weight is 563 g/mol. The highest BCUT2D eigenvalue weighted by atomic mass is 19.2. The number of halogens is 2. The first kappa shape index (κ1) is 28.6. The first-order valence-corrected chi connectivity index (χ1v) is 12.4. The second-order valence-corrected chi connectivity index (χ2v) is 8.81. The van der Waals surface area contributed by atoms with Crippen molar-refractivity contribution >= 4 is 23.4 Å². The van der Waals surface area contributed by atoms with E-state index in [9.17, 15) is 33.6 Å². The number of nitro groups is 1. The van der Waals surface area contributed by atoms with E-state index in [1.54, 1.807) is 12.1 Å². The molecule has 210 valence electrons. The monoisotopic (exact) mass is 562 g/mol. The molecular formula is C29H24F2N4O6. The summed E-state index contributed by atoms with van der Waals surface area (Å²) in [6.45, 7) is 0.115. The van der Waals surface area contributed by atoms with Crippen LogP contribution in [-0.4, -0.2) is 40.0 Å². The summed E-state index contributed by atoms with van der Waals surface area (Å²) in [6, 6.07) is 18.7. The van der Waals surface area contributed by atoms with E-state index < -0.39 is 45.7 Å². The predicted octanol–water partition coefficient (Wildman–Crippen LogP) is 5.17. The van der Waals surface area contributed by atoms with Crippen molar-refractivity contribution in [3.8, 4) is 5.75 Å².